The van der Waals surface area contributed by atoms with E-state index in [1.54, 1.807) is 18.2 Å². The number of rotatable bonds is 6. The van der Waals surface area contributed by atoms with E-state index in [9.17, 15) is 13.2 Å². The van der Waals surface area contributed by atoms with Gasteiger partial charge < -0.3 is 14.8 Å². The van der Waals surface area contributed by atoms with Gasteiger partial charge in [0.05, 0.1) is 29.8 Å². The van der Waals surface area contributed by atoms with Crippen LogP contribution in [0.1, 0.15) is 36.5 Å². The molecule has 1 aliphatic rings. The Hall–Kier alpha value is -2.29. The molecule has 1 heterocycles. The number of carbonyl (C=O) groups is 1. The number of carbonyl (C=O) groups excluding carboxylic acids is 1. The summed E-state index contributed by atoms with van der Waals surface area (Å²) in [6, 6.07) is 9.06. The number of sulfonamides is 1. The van der Waals surface area contributed by atoms with E-state index < -0.39 is 15.9 Å². The lowest BCUT2D eigenvalue weighted by atomic mass is 10.1. The van der Waals surface area contributed by atoms with Crippen molar-refractivity contribution in [3.8, 4) is 11.5 Å². The van der Waals surface area contributed by atoms with Crippen LogP contribution < -0.4 is 14.8 Å². The first-order chi connectivity index (χ1) is 14.3. The molecule has 2 aromatic carbocycles. The second-order valence-electron chi connectivity index (χ2n) is 7.13. The monoisotopic (exact) mass is 452 g/mol. The van der Waals surface area contributed by atoms with Gasteiger partial charge in [-0.3, -0.25) is 4.79 Å². The summed E-state index contributed by atoms with van der Waals surface area (Å²) in [7, 11) is -0.751. The standard InChI is InChI=1S/C21H25ClN2O5S/c1-14-7-4-5-10-24(14)30(26,27)16-9-6-8-15(11-16)21(25)23-18-13-19(28-2)17(22)12-20(18)29-3/h6,8-9,11-14H,4-5,7,10H2,1-3H3,(H,23,25)/t14-/m1/s1. The number of piperidine rings is 1. The lowest BCUT2D eigenvalue weighted by molar-refractivity contribution is 0.102. The summed E-state index contributed by atoms with van der Waals surface area (Å²) in [5.41, 5.74) is 0.582. The van der Waals surface area contributed by atoms with Crippen LogP contribution in [-0.4, -0.2) is 45.4 Å². The topological polar surface area (TPSA) is 84.9 Å². The highest BCUT2D eigenvalue weighted by Gasteiger charge is 2.31. The van der Waals surface area contributed by atoms with Gasteiger partial charge in [0.1, 0.15) is 11.5 Å². The van der Waals surface area contributed by atoms with Gasteiger partial charge in [-0.1, -0.05) is 24.1 Å². The predicted molar refractivity (Wildman–Crippen MR) is 116 cm³/mol. The first-order valence-corrected chi connectivity index (χ1v) is 11.4. The minimum Gasteiger partial charge on any atom is -0.495 e. The third-order valence-corrected chi connectivity index (χ3v) is 7.47. The maximum atomic E-state index is 13.1. The first-order valence-electron chi connectivity index (χ1n) is 9.62. The van der Waals surface area contributed by atoms with Gasteiger partial charge in [0, 0.05) is 30.3 Å². The van der Waals surface area contributed by atoms with Crippen molar-refractivity contribution in [3.63, 3.8) is 0 Å². The molecule has 1 amide bonds. The van der Waals surface area contributed by atoms with Crippen LogP contribution in [0.5, 0.6) is 11.5 Å². The number of halogens is 1. The van der Waals surface area contributed by atoms with E-state index in [0.29, 0.717) is 28.8 Å². The summed E-state index contributed by atoms with van der Waals surface area (Å²) < 4.78 is 38.2. The molecule has 30 heavy (non-hydrogen) atoms. The zero-order chi connectivity index (χ0) is 21.9. The predicted octanol–water partition coefficient (Wildman–Crippen LogP) is 4.17. The Balaban J connectivity index is 1.88. The number of nitrogens with zero attached hydrogens (tertiary/aromatic N) is 1. The lowest BCUT2D eigenvalue weighted by Gasteiger charge is -2.32. The average Bonchev–Trinajstić information content (AvgIpc) is 2.74. The highest BCUT2D eigenvalue weighted by molar-refractivity contribution is 7.89. The fourth-order valence-electron chi connectivity index (χ4n) is 3.51. The number of nitrogens with one attached hydrogen (secondary N) is 1. The Labute approximate surface area is 182 Å². The van der Waals surface area contributed by atoms with E-state index >= 15 is 0 Å². The van der Waals surface area contributed by atoms with Crippen LogP contribution in [0.3, 0.4) is 0 Å². The maximum absolute atomic E-state index is 13.1. The molecule has 0 spiro atoms. The second-order valence-corrected chi connectivity index (χ2v) is 9.43. The molecule has 0 radical (unpaired) electrons. The van der Waals surface area contributed by atoms with Crippen LogP contribution in [0.15, 0.2) is 41.3 Å². The van der Waals surface area contributed by atoms with Gasteiger partial charge >= 0.3 is 0 Å². The number of amides is 1. The van der Waals surface area contributed by atoms with E-state index in [1.165, 1.54) is 36.7 Å². The summed E-state index contributed by atoms with van der Waals surface area (Å²) in [6.45, 7) is 2.40. The Kier molecular flexibility index (Phi) is 6.90. The molecule has 0 saturated carbocycles. The summed E-state index contributed by atoms with van der Waals surface area (Å²) in [5, 5.41) is 3.08. The van der Waals surface area contributed by atoms with Gasteiger partial charge in [-0.2, -0.15) is 4.31 Å². The zero-order valence-corrected chi connectivity index (χ0v) is 18.7. The van der Waals surface area contributed by atoms with E-state index in [2.05, 4.69) is 5.32 Å². The summed E-state index contributed by atoms with van der Waals surface area (Å²) in [6.07, 6.45) is 2.68. The highest BCUT2D eigenvalue weighted by atomic mass is 35.5. The van der Waals surface area contributed by atoms with Crippen LogP contribution in [-0.2, 0) is 10.0 Å². The molecule has 1 aliphatic heterocycles. The van der Waals surface area contributed by atoms with Crippen LogP contribution in [0, 0.1) is 0 Å². The smallest absolute Gasteiger partial charge is 0.255 e. The van der Waals surface area contributed by atoms with Crippen molar-refractivity contribution in [2.45, 2.75) is 37.1 Å². The minimum atomic E-state index is -3.68. The van der Waals surface area contributed by atoms with Gasteiger partial charge in [-0.15, -0.1) is 0 Å². The molecule has 3 rings (SSSR count). The Morgan fingerprint density at radius 2 is 1.87 bits per heavy atom. The molecule has 162 valence electrons. The summed E-state index contributed by atoms with van der Waals surface area (Å²) >= 11 is 6.10. The molecular weight excluding hydrogens is 428 g/mol. The first kappa shape index (κ1) is 22.4. The largest absolute Gasteiger partial charge is 0.495 e. The molecule has 1 fully saturated rings. The van der Waals surface area contributed by atoms with E-state index in [0.717, 1.165) is 19.3 Å². The van der Waals surface area contributed by atoms with Gasteiger partial charge in [0.15, 0.2) is 0 Å². The fourth-order valence-corrected chi connectivity index (χ4v) is 5.49. The van der Waals surface area contributed by atoms with Gasteiger partial charge in [0.25, 0.3) is 5.91 Å². The van der Waals surface area contributed by atoms with E-state index in [-0.39, 0.29) is 16.5 Å². The molecule has 9 heteroatoms. The molecule has 1 N–H and O–H groups in total. The highest BCUT2D eigenvalue weighted by Crippen LogP contribution is 2.36. The summed E-state index contributed by atoms with van der Waals surface area (Å²) in [4.78, 5) is 12.9. The van der Waals surface area contributed by atoms with Crippen molar-refractivity contribution in [2.24, 2.45) is 0 Å². The van der Waals surface area contributed by atoms with Gasteiger partial charge in [-0.05, 0) is 38.0 Å². The third-order valence-electron chi connectivity index (χ3n) is 5.17. The summed E-state index contributed by atoms with van der Waals surface area (Å²) in [5.74, 6) is 0.268. The van der Waals surface area contributed by atoms with Crippen LogP contribution in [0.2, 0.25) is 5.02 Å². The van der Waals surface area contributed by atoms with Crippen molar-refractivity contribution in [2.75, 3.05) is 26.1 Å². The maximum Gasteiger partial charge on any atom is 0.255 e. The number of anilines is 1. The van der Waals surface area contributed by atoms with E-state index in [1.807, 2.05) is 6.92 Å². The Morgan fingerprint density at radius 3 is 2.53 bits per heavy atom. The van der Waals surface area contributed by atoms with Crippen molar-refractivity contribution in [1.29, 1.82) is 0 Å². The second kappa shape index (κ2) is 9.24. The van der Waals surface area contributed by atoms with Crippen LogP contribution >= 0.6 is 11.6 Å². The van der Waals surface area contributed by atoms with Crippen molar-refractivity contribution < 1.29 is 22.7 Å². The molecule has 0 aromatic heterocycles. The molecule has 1 saturated heterocycles. The number of benzene rings is 2. The fraction of sp³-hybridized carbons (Fsp3) is 0.381. The van der Waals surface area contributed by atoms with E-state index in [4.69, 9.17) is 21.1 Å². The normalized spacial score (nSPS) is 17.4. The minimum absolute atomic E-state index is 0.0629. The molecular formula is C21H25ClN2O5S. The van der Waals surface area contributed by atoms with Gasteiger partial charge in [0.2, 0.25) is 10.0 Å². The number of methoxy groups -OCH3 is 2. The lowest BCUT2D eigenvalue weighted by Crippen LogP contribution is -2.41. The number of ether oxygens (including phenoxy) is 2. The molecule has 7 nitrogen and oxygen atoms in total. The van der Waals surface area contributed by atoms with Crippen molar-refractivity contribution in [1.82, 2.24) is 4.31 Å². The third kappa shape index (κ3) is 4.55. The van der Waals surface area contributed by atoms with Crippen LogP contribution in [0.4, 0.5) is 5.69 Å². The molecule has 0 bridgehead atoms. The zero-order valence-electron chi connectivity index (χ0n) is 17.1. The Morgan fingerprint density at radius 1 is 1.13 bits per heavy atom. The number of hydrogen-bond acceptors (Lipinski definition) is 5. The van der Waals surface area contributed by atoms with Crippen molar-refractivity contribution in [3.05, 3.63) is 47.0 Å². The molecule has 2 aromatic rings. The quantitative estimate of drug-likeness (QED) is 0.710. The Bertz CT molecular complexity index is 1040. The SMILES string of the molecule is COc1cc(NC(=O)c2cccc(S(=O)(=O)N3CCCC[C@H]3C)c2)c(OC)cc1Cl. The molecule has 0 unspecified atom stereocenters. The number of hydrogen-bond donors (Lipinski definition) is 1. The molecule has 1 atom stereocenters. The average molecular weight is 453 g/mol. The molecule has 0 aliphatic carbocycles. The van der Waals surface area contributed by atoms with Gasteiger partial charge in [-0.25, -0.2) is 8.42 Å². The van der Waals surface area contributed by atoms with Crippen LogP contribution in [0.25, 0.3) is 0 Å². The van der Waals surface area contributed by atoms with Crippen molar-refractivity contribution >= 4 is 33.2 Å².